The van der Waals surface area contributed by atoms with Crippen molar-refractivity contribution in [1.29, 1.82) is 0 Å². The van der Waals surface area contributed by atoms with E-state index in [1.807, 2.05) is 14.0 Å². The lowest BCUT2D eigenvalue weighted by molar-refractivity contribution is -0.384. The highest BCUT2D eigenvalue weighted by Crippen LogP contribution is 2.52. The number of aliphatic hydroxyl groups excluding tert-OH is 1. The molecule has 2 amide bonds. The summed E-state index contributed by atoms with van der Waals surface area (Å²) in [4.78, 5) is 54.3. The maximum absolute atomic E-state index is 13.2. The maximum atomic E-state index is 13.2. The number of rotatable bonds is 8. The summed E-state index contributed by atoms with van der Waals surface area (Å²) >= 11 is 1.42. The number of nitro groups is 1. The molecule has 3 saturated heterocycles. The van der Waals surface area contributed by atoms with Crippen LogP contribution in [-0.2, 0) is 20.9 Å². The van der Waals surface area contributed by atoms with Crippen LogP contribution >= 0.6 is 11.8 Å². The number of carbonyl (C=O) groups excluding carboxylic acids is 2. The molecule has 6 atom stereocenters. The lowest BCUT2D eigenvalue weighted by Gasteiger charge is -2.46. The Morgan fingerprint density at radius 1 is 1.23 bits per heavy atom. The van der Waals surface area contributed by atoms with Crippen LogP contribution in [0.2, 0.25) is 0 Å². The molecule has 2 N–H and O–H groups in total. The van der Waals surface area contributed by atoms with Crippen LogP contribution in [0.4, 0.5) is 10.5 Å². The van der Waals surface area contributed by atoms with Crippen molar-refractivity contribution in [1.82, 2.24) is 14.7 Å². The number of β-lactam (4-membered cyclic amide) rings is 1. The van der Waals surface area contributed by atoms with Crippen LogP contribution < -0.4 is 0 Å². The number of hydrogen-bond acceptors (Lipinski definition) is 9. The highest BCUT2D eigenvalue weighted by Gasteiger charge is 2.60. The molecule has 4 aliphatic heterocycles. The Morgan fingerprint density at radius 2 is 1.90 bits per heavy atom. The number of aliphatic carboxylic acids is 1. The first kappa shape index (κ1) is 27.4. The molecule has 1 aromatic rings. The molecule has 39 heavy (non-hydrogen) atoms. The lowest BCUT2D eigenvalue weighted by Crippen LogP contribution is -2.63. The standard InChI is InChI=1S/C26H32N4O8S/c1-13-21-20(14(2)31)24(32)29(21)22(25(33)34)23(13)39-18-8-19(16-9-27(3)10-16)28(11-18)26(35)38-12-15-4-6-17(7-5-15)30(36)37/h4-7,13-14,16,18-21,31H,8-12H2,1-3H3,(H,33,34)/t13-,14-,18+,19+,20-,21-/m1/s1. The van der Waals surface area contributed by atoms with Crippen molar-refractivity contribution in [2.24, 2.45) is 17.8 Å². The predicted molar refractivity (Wildman–Crippen MR) is 140 cm³/mol. The molecule has 0 saturated carbocycles. The van der Waals surface area contributed by atoms with Crippen molar-refractivity contribution in [2.45, 2.75) is 50.3 Å². The molecular formula is C26H32N4O8S. The van der Waals surface area contributed by atoms with Crippen molar-refractivity contribution in [3.63, 3.8) is 0 Å². The SMILES string of the molecule is C[C@@H](O)[C@H]1C(=O)N2C(C(=O)O)=C(S[C@H]3C[C@@H](C4CN(C)C4)N(C(=O)OCc4ccc([N+](=O)[O-])cc4)C3)[C@H](C)[C@H]12. The first-order valence-corrected chi connectivity index (χ1v) is 13.9. The molecule has 0 bridgehead atoms. The number of likely N-dealkylation sites (tertiary alicyclic amines) is 2. The zero-order chi connectivity index (χ0) is 28.2. The number of carboxylic acids is 1. The number of carbonyl (C=O) groups is 3. The van der Waals surface area contributed by atoms with E-state index in [9.17, 15) is 34.7 Å². The number of ether oxygens (including phenoxy) is 1. The Kier molecular flexibility index (Phi) is 7.33. The second kappa shape index (κ2) is 10.4. The Bertz CT molecular complexity index is 1210. The van der Waals surface area contributed by atoms with E-state index in [0.29, 0.717) is 23.4 Å². The monoisotopic (exact) mass is 560 g/mol. The van der Waals surface area contributed by atoms with Gasteiger partial charge in [-0.05, 0) is 38.1 Å². The molecule has 1 aromatic carbocycles. The van der Waals surface area contributed by atoms with Crippen molar-refractivity contribution in [3.8, 4) is 0 Å². The van der Waals surface area contributed by atoms with E-state index >= 15 is 0 Å². The van der Waals surface area contributed by atoms with Crippen LogP contribution in [0.1, 0.15) is 25.8 Å². The number of non-ortho nitro benzene ring substituents is 1. The first-order chi connectivity index (χ1) is 18.5. The molecule has 210 valence electrons. The quantitative estimate of drug-likeness (QED) is 0.275. The second-order valence-electron chi connectivity index (χ2n) is 10.9. The number of fused-ring (bicyclic) bond motifs is 1. The Balaban J connectivity index is 1.30. The minimum atomic E-state index is -1.17. The summed E-state index contributed by atoms with van der Waals surface area (Å²) < 4.78 is 5.59. The Hall–Kier alpha value is -3.16. The number of carboxylic acid groups (broad SMARTS) is 1. The van der Waals surface area contributed by atoms with Gasteiger partial charge in [0.2, 0.25) is 5.91 Å². The second-order valence-corrected chi connectivity index (χ2v) is 12.3. The normalized spacial score (nSPS) is 29.6. The first-order valence-electron chi connectivity index (χ1n) is 13.0. The lowest BCUT2D eigenvalue weighted by atomic mass is 9.79. The van der Waals surface area contributed by atoms with Gasteiger partial charge in [0.15, 0.2) is 0 Å². The fourth-order valence-corrected chi connectivity index (χ4v) is 7.90. The molecular weight excluding hydrogens is 528 g/mol. The molecule has 12 nitrogen and oxygen atoms in total. The van der Waals surface area contributed by atoms with Crippen LogP contribution in [0.25, 0.3) is 0 Å². The van der Waals surface area contributed by atoms with E-state index in [2.05, 4.69) is 4.90 Å². The van der Waals surface area contributed by atoms with Gasteiger partial charge in [0.1, 0.15) is 12.3 Å². The number of amides is 2. The molecule has 0 aromatic heterocycles. The zero-order valence-corrected chi connectivity index (χ0v) is 22.7. The third-order valence-corrected chi connectivity index (χ3v) is 9.78. The fourth-order valence-electron chi connectivity index (χ4n) is 6.36. The van der Waals surface area contributed by atoms with Crippen molar-refractivity contribution >= 4 is 35.4 Å². The van der Waals surface area contributed by atoms with Gasteiger partial charge in [0.05, 0.1) is 23.0 Å². The topological polar surface area (TPSA) is 154 Å². The van der Waals surface area contributed by atoms with Crippen LogP contribution in [0.5, 0.6) is 0 Å². The number of aliphatic hydroxyl groups is 1. The van der Waals surface area contributed by atoms with Gasteiger partial charge in [-0.3, -0.25) is 14.9 Å². The number of hydrogen-bond donors (Lipinski definition) is 2. The predicted octanol–water partition coefficient (Wildman–Crippen LogP) is 2.12. The molecule has 0 spiro atoms. The minimum Gasteiger partial charge on any atom is -0.477 e. The third kappa shape index (κ3) is 4.87. The highest BCUT2D eigenvalue weighted by molar-refractivity contribution is 8.03. The summed E-state index contributed by atoms with van der Waals surface area (Å²) in [6, 6.07) is 5.39. The smallest absolute Gasteiger partial charge is 0.410 e. The summed E-state index contributed by atoms with van der Waals surface area (Å²) in [5.74, 6) is -2.13. The molecule has 4 aliphatic rings. The third-order valence-electron chi connectivity index (χ3n) is 8.29. The van der Waals surface area contributed by atoms with Gasteiger partial charge in [-0.15, -0.1) is 11.8 Å². The summed E-state index contributed by atoms with van der Waals surface area (Å²) in [6.45, 7) is 5.47. The van der Waals surface area contributed by atoms with Crippen LogP contribution in [-0.4, -0.2) is 97.9 Å². The molecule has 0 unspecified atom stereocenters. The number of benzene rings is 1. The van der Waals surface area contributed by atoms with Gasteiger partial charge < -0.3 is 29.6 Å². The Morgan fingerprint density at radius 3 is 2.46 bits per heavy atom. The van der Waals surface area contributed by atoms with Gasteiger partial charge in [0, 0.05) is 59.8 Å². The molecule has 13 heteroatoms. The highest BCUT2D eigenvalue weighted by atomic mass is 32.2. The van der Waals surface area contributed by atoms with Crippen LogP contribution in [0, 0.1) is 27.9 Å². The van der Waals surface area contributed by atoms with Crippen LogP contribution in [0.3, 0.4) is 0 Å². The van der Waals surface area contributed by atoms with Crippen LogP contribution in [0.15, 0.2) is 34.9 Å². The zero-order valence-electron chi connectivity index (χ0n) is 21.9. The molecule has 4 heterocycles. The van der Waals surface area contributed by atoms with E-state index in [4.69, 9.17) is 4.74 Å². The largest absolute Gasteiger partial charge is 0.477 e. The average molecular weight is 561 g/mol. The van der Waals surface area contributed by atoms with Gasteiger partial charge in [0.25, 0.3) is 5.69 Å². The molecule has 5 rings (SSSR count). The average Bonchev–Trinajstić information content (AvgIpc) is 3.38. The summed E-state index contributed by atoms with van der Waals surface area (Å²) in [5, 5.41) is 30.9. The van der Waals surface area contributed by atoms with Gasteiger partial charge >= 0.3 is 12.1 Å². The number of thioether (sulfide) groups is 1. The summed E-state index contributed by atoms with van der Waals surface area (Å²) in [7, 11) is 2.01. The van der Waals surface area contributed by atoms with Crippen molar-refractivity contribution < 1.29 is 34.3 Å². The Labute approximate surface area is 229 Å². The van der Waals surface area contributed by atoms with Crippen molar-refractivity contribution in [3.05, 3.63) is 50.5 Å². The molecule has 0 aliphatic carbocycles. The van der Waals surface area contributed by atoms with Gasteiger partial charge in [-0.1, -0.05) is 6.92 Å². The van der Waals surface area contributed by atoms with Gasteiger partial charge in [-0.25, -0.2) is 9.59 Å². The van der Waals surface area contributed by atoms with E-state index in [1.54, 1.807) is 24.0 Å². The van der Waals surface area contributed by atoms with E-state index in [0.717, 1.165) is 13.1 Å². The van der Waals surface area contributed by atoms with E-state index in [-0.39, 0.29) is 53.1 Å². The van der Waals surface area contributed by atoms with Crippen molar-refractivity contribution in [2.75, 3.05) is 26.7 Å². The number of nitro benzene ring substituents is 1. The van der Waals surface area contributed by atoms with Gasteiger partial charge in [-0.2, -0.15) is 0 Å². The molecule has 0 radical (unpaired) electrons. The summed E-state index contributed by atoms with van der Waals surface area (Å²) in [5.41, 5.74) is 0.580. The van der Waals surface area contributed by atoms with E-state index in [1.165, 1.54) is 28.8 Å². The number of nitrogens with zero attached hydrogens (tertiary/aromatic N) is 4. The minimum absolute atomic E-state index is 0.0153. The van der Waals surface area contributed by atoms with E-state index < -0.39 is 29.0 Å². The maximum Gasteiger partial charge on any atom is 0.410 e. The summed E-state index contributed by atoms with van der Waals surface area (Å²) in [6.07, 6.45) is -0.679. The molecule has 3 fully saturated rings. The fraction of sp³-hybridized carbons (Fsp3) is 0.577.